The number of ether oxygens (including phenoxy) is 1. The van der Waals surface area contributed by atoms with Gasteiger partial charge < -0.3 is 10.1 Å². The summed E-state index contributed by atoms with van der Waals surface area (Å²) in [7, 11) is -1.26. The molecule has 0 aromatic heterocycles. The predicted molar refractivity (Wildman–Crippen MR) is 130 cm³/mol. The lowest BCUT2D eigenvalue weighted by Gasteiger charge is -2.33. The van der Waals surface area contributed by atoms with Crippen LogP contribution < -0.4 is 15.4 Å². The molecule has 0 saturated carbocycles. The molecule has 1 fully saturated rings. The van der Waals surface area contributed by atoms with Gasteiger partial charge in [0.2, 0.25) is 16.2 Å². The normalized spacial score (nSPS) is 15.5. The van der Waals surface area contributed by atoms with Gasteiger partial charge in [-0.3, -0.25) is 19.8 Å². The number of hydrogen-bond acceptors (Lipinski definition) is 6. The van der Waals surface area contributed by atoms with Crippen LogP contribution in [0, 0.1) is 0 Å². The molecule has 9 heteroatoms. The highest BCUT2D eigenvalue weighted by Gasteiger charge is 2.36. The summed E-state index contributed by atoms with van der Waals surface area (Å²) >= 11 is 0. The van der Waals surface area contributed by atoms with Gasteiger partial charge in [-0.25, -0.2) is 0 Å². The molecule has 1 aliphatic heterocycles. The third-order valence-electron chi connectivity index (χ3n) is 5.47. The second-order valence-electron chi connectivity index (χ2n) is 7.58. The Bertz CT molecular complexity index is 1310. The number of amides is 2. The fraction of sp³-hybridized carbons (Fsp3) is 0.160. The van der Waals surface area contributed by atoms with Gasteiger partial charge in [-0.1, -0.05) is 42.5 Å². The molecule has 1 unspecified atom stereocenters. The Morgan fingerprint density at radius 2 is 1.59 bits per heavy atom. The van der Waals surface area contributed by atoms with Gasteiger partial charge in [-0.2, -0.15) is 8.42 Å². The Morgan fingerprint density at radius 3 is 2.21 bits per heavy atom. The highest BCUT2D eigenvalue weighted by atomic mass is 32.2. The molecule has 0 radical (unpaired) electrons. The lowest BCUT2D eigenvalue weighted by Crippen LogP contribution is -2.61. The van der Waals surface area contributed by atoms with E-state index in [9.17, 15) is 18.0 Å². The average molecular weight is 478 g/mol. The molecule has 2 N–H and O–H groups in total. The van der Waals surface area contributed by atoms with Gasteiger partial charge in [-0.15, -0.1) is 0 Å². The van der Waals surface area contributed by atoms with Crippen LogP contribution in [0.3, 0.4) is 0 Å². The van der Waals surface area contributed by atoms with Gasteiger partial charge in [-0.05, 0) is 47.5 Å². The summed E-state index contributed by atoms with van der Waals surface area (Å²) in [6.45, 7) is 0.379. The van der Waals surface area contributed by atoms with E-state index in [2.05, 4.69) is 10.6 Å². The molecular formula is C25H23N3O5S. The molecule has 34 heavy (non-hydrogen) atoms. The van der Waals surface area contributed by atoms with Crippen LogP contribution >= 0.6 is 0 Å². The van der Waals surface area contributed by atoms with E-state index >= 15 is 0 Å². The van der Waals surface area contributed by atoms with Crippen LogP contribution in [0.15, 0.2) is 78.9 Å². The van der Waals surface area contributed by atoms with E-state index in [0.29, 0.717) is 17.0 Å². The molecule has 0 spiro atoms. The van der Waals surface area contributed by atoms with Crippen molar-refractivity contribution in [2.24, 2.45) is 0 Å². The van der Waals surface area contributed by atoms with E-state index < -0.39 is 28.1 Å². The standard InChI is InChI=1S/C25H23N3O5S/c1-33-21-13-11-20(12-14-21)27-23(29)22-25(34(31)32)28(16-15-26-22)24(30)19-9-7-18(8-10-19)17-5-3-2-4-6-17/h2-14,22,26H,15-16H2,1H3,(H,27,29). The second-order valence-corrected chi connectivity index (χ2v) is 8.47. The fourth-order valence-electron chi connectivity index (χ4n) is 3.75. The highest BCUT2D eigenvalue weighted by Crippen LogP contribution is 2.21. The van der Waals surface area contributed by atoms with Crippen LogP contribution in [0.25, 0.3) is 11.1 Å². The summed E-state index contributed by atoms with van der Waals surface area (Å²) < 4.78 is 29.3. The van der Waals surface area contributed by atoms with Crippen molar-refractivity contribution in [3.8, 4) is 16.9 Å². The number of piperazine rings is 1. The summed E-state index contributed by atoms with van der Waals surface area (Å²) in [6, 6.07) is 22.1. The molecule has 0 aliphatic carbocycles. The Balaban J connectivity index is 1.55. The van der Waals surface area contributed by atoms with Crippen molar-refractivity contribution in [2.75, 3.05) is 25.5 Å². The van der Waals surface area contributed by atoms with Gasteiger partial charge in [0.15, 0.2) is 4.99 Å². The smallest absolute Gasteiger partial charge is 0.258 e. The first-order chi connectivity index (χ1) is 16.5. The first-order valence-corrected chi connectivity index (χ1v) is 11.7. The number of anilines is 1. The molecule has 3 aromatic rings. The first-order valence-electron chi connectivity index (χ1n) is 10.6. The lowest BCUT2D eigenvalue weighted by molar-refractivity contribution is -0.116. The van der Waals surface area contributed by atoms with Crippen molar-refractivity contribution >= 4 is 32.8 Å². The Morgan fingerprint density at radius 1 is 0.941 bits per heavy atom. The van der Waals surface area contributed by atoms with Crippen LogP contribution in [0.5, 0.6) is 5.75 Å². The number of methoxy groups -OCH3 is 1. The van der Waals surface area contributed by atoms with E-state index in [-0.39, 0.29) is 18.1 Å². The summed E-state index contributed by atoms with van der Waals surface area (Å²) in [5.74, 6) is -0.444. The molecule has 8 nitrogen and oxygen atoms in total. The van der Waals surface area contributed by atoms with Gasteiger partial charge in [0, 0.05) is 24.3 Å². The van der Waals surface area contributed by atoms with Gasteiger partial charge in [0.25, 0.3) is 5.91 Å². The van der Waals surface area contributed by atoms with Crippen LogP contribution in [0.1, 0.15) is 10.4 Å². The number of benzene rings is 3. The SMILES string of the molecule is COc1ccc(NC(=O)C2NCCN(C(=O)c3ccc(-c4ccccc4)cc3)C2=S(=O)=O)cc1. The van der Waals surface area contributed by atoms with Crippen molar-refractivity contribution in [3.05, 3.63) is 84.4 Å². The highest BCUT2D eigenvalue weighted by molar-refractivity contribution is 7.73. The van der Waals surface area contributed by atoms with Crippen LogP contribution in [-0.2, 0) is 15.1 Å². The fourth-order valence-corrected chi connectivity index (χ4v) is 4.48. The zero-order chi connectivity index (χ0) is 24.1. The third-order valence-corrected chi connectivity index (χ3v) is 6.27. The van der Waals surface area contributed by atoms with Crippen molar-refractivity contribution < 1.29 is 22.7 Å². The molecular weight excluding hydrogens is 454 g/mol. The minimum atomic E-state index is -2.80. The maximum atomic E-state index is 13.2. The number of rotatable bonds is 5. The molecule has 4 rings (SSSR count). The Kier molecular flexibility index (Phi) is 7.05. The third kappa shape index (κ3) is 5.00. The zero-order valence-corrected chi connectivity index (χ0v) is 19.2. The maximum absolute atomic E-state index is 13.2. The molecule has 0 bridgehead atoms. The Labute approximate surface area is 198 Å². The quantitative estimate of drug-likeness (QED) is 0.547. The van der Waals surface area contributed by atoms with Gasteiger partial charge in [0.05, 0.1) is 7.11 Å². The molecule has 3 aromatic carbocycles. The monoisotopic (exact) mass is 477 g/mol. The summed E-state index contributed by atoms with van der Waals surface area (Å²) in [4.78, 5) is 27.0. The van der Waals surface area contributed by atoms with Crippen LogP contribution in [0.4, 0.5) is 5.69 Å². The minimum absolute atomic E-state index is 0.120. The lowest BCUT2D eigenvalue weighted by atomic mass is 10.0. The van der Waals surface area contributed by atoms with Crippen molar-refractivity contribution in [1.29, 1.82) is 0 Å². The van der Waals surface area contributed by atoms with Gasteiger partial charge >= 0.3 is 0 Å². The number of carbonyl (C=O) groups excluding carboxylic acids is 2. The molecule has 1 saturated heterocycles. The predicted octanol–water partition coefficient (Wildman–Crippen LogP) is 2.42. The maximum Gasteiger partial charge on any atom is 0.258 e. The summed E-state index contributed by atoms with van der Waals surface area (Å²) in [5, 5.41) is 5.58. The van der Waals surface area contributed by atoms with E-state index in [0.717, 1.165) is 16.0 Å². The average Bonchev–Trinajstić information content (AvgIpc) is 2.88. The largest absolute Gasteiger partial charge is 0.497 e. The van der Waals surface area contributed by atoms with Crippen LogP contribution in [0.2, 0.25) is 0 Å². The van der Waals surface area contributed by atoms with Crippen molar-refractivity contribution in [3.63, 3.8) is 0 Å². The van der Waals surface area contributed by atoms with Gasteiger partial charge in [0.1, 0.15) is 11.8 Å². The number of nitrogens with zero attached hydrogens (tertiary/aromatic N) is 1. The van der Waals surface area contributed by atoms with Crippen molar-refractivity contribution in [2.45, 2.75) is 6.04 Å². The number of carbonyl (C=O) groups is 2. The topological polar surface area (TPSA) is 105 Å². The molecule has 1 atom stereocenters. The van der Waals surface area contributed by atoms with Crippen molar-refractivity contribution in [1.82, 2.24) is 10.2 Å². The van der Waals surface area contributed by atoms with E-state index in [1.165, 1.54) is 7.11 Å². The van der Waals surface area contributed by atoms with E-state index in [1.807, 2.05) is 42.5 Å². The molecule has 174 valence electrons. The van der Waals surface area contributed by atoms with E-state index in [1.54, 1.807) is 36.4 Å². The molecule has 1 heterocycles. The first kappa shape index (κ1) is 23.2. The van der Waals surface area contributed by atoms with E-state index in [4.69, 9.17) is 4.74 Å². The number of hydrogen-bond donors (Lipinski definition) is 2. The molecule has 1 aliphatic rings. The van der Waals surface area contributed by atoms with Crippen LogP contribution in [-0.4, -0.2) is 56.4 Å². The summed E-state index contributed by atoms with van der Waals surface area (Å²) in [6.07, 6.45) is 0. The molecule has 2 amide bonds. The number of nitrogens with one attached hydrogen (secondary N) is 2. The Hall–Kier alpha value is -3.95. The minimum Gasteiger partial charge on any atom is -0.497 e. The zero-order valence-electron chi connectivity index (χ0n) is 18.4. The second kappa shape index (κ2) is 10.3. The summed E-state index contributed by atoms with van der Waals surface area (Å²) in [5.41, 5.74) is 2.75.